The summed E-state index contributed by atoms with van der Waals surface area (Å²) in [4.78, 5) is 5.52. The molecule has 21 heavy (non-hydrogen) atoms. The van der Waals surface area contributed by atoms with Crippen molar-refractivity contribution >= 4 is 11.6 Å². The highest BCUT2D eigenvalue weighted by Crippen LogP contribution is 2.27. The number of hydrogen-bond donors (Lipinski definition) is 2. The van der Waals surface area contributed by atoms with Crippen LogP contribution in [0.3, 0.4) is 0 Å². The van der Waals surface area contributed by atoms with Crippen LogP contribution in [0.5, 0.6) is 0 Å². The first-order valence-corrected chi connectivity index (χ1v) is 7.94. The van der Waals surface area contributed by atoms with Crippen molar-refractivity contribution < 1.29 is 0 Å². The number of hydrogen-bond acceptors (Lipinski definition) is 2. The fourth-order valence-electron chi connectivity index (χ4n) is 2.67. The maximum Gasteiger partial charge on any atom is 0.0487 e. The van der Waals surface area contributed by atoms with E-state index >= 15 is 0 Å². The zero-order valence-electron chi connectivity index (χ0n) is 12.8. The summed E-state index contributed by atoms with van der Waals surface area (Å²) < 4.78 is 0. The standard InChI is InChI=1S/C17H24ClN3/c1-3-21(4-2)17(15-7-5-6-8-16(15)18)13-20-12-14-9-10-19-11-14/h5-11,17,19-20H,3-4,12-13H2,1-2H3. The number of aromatic nitrogens is 1. The molecule has 0 saturated heterocycles. The molecule has 2 N–H and O–H groups in total. The second-order valence-electron chi connectivity index (χ2n) is 5.11. The van der Waals surface area contributed by atoms with Crippen LogP contribution in [0.1, 0.15) is 31.0 Å². The van der Waals surface area contributed by atoms with Gasteiger partial charge in [0, 0.05) is 36.5 Å². The number of rotatable bonds is 8. The molecule has 0 fully saturated rings. The van der Waals surface area contributed by atoms with Gasteiger partial charge in [0.05, 0.1) is 0 Å². The van der Waals surface area contributed by atoms with Gasteiger partial charge in [0.2, 0.25) is 0 Å². The maximum atomic E-state index is 6.40. The summed E-state index contributed by atoms with van der Waals surface area (Å²) in [6, 6.07) is 10.5. The maximum absolute atomic E-state index is 6.40. The summed E-state index contributed by atoms with van der Waals surface area (Å²) >= 11 is 6.40. The normalized spacial score (nSPS) is 12.8. The van der Waals surface area contributed by atoms with Gasteiger partial charge in [-0.1, -0.05) is 43.6 Å². The van der Waals surface area contributed by atoms with E-state index in [0.717, 1.165) is 31.2 Å². The molecule has 2 rings (SSSR count). The molecule has 1 unspecified atom stereocenters. The minimum absolute atomic E-state index is 0.299. The van der Waals surface area contributed by atoms with E-state index in [1.807, 2.05) is 24.5 Å². The number of H-pyrrole nitrogens is 1. The molecule has 0 aliphatic heterocycles. The number of aromatic amines is 1. The van der Waals surface area contributed by atoms with Crippen molar-refractivity contribution in [2.45, 2.75) is 26.4 Å². The van der Waals surface area contributed by atoms with Crippen LogP contribution < -0.4 is 5.32 Å². The number of benzene rings is 1. The molecule has 0 aliphatic carbocycles. The third kappa shape index (κ3) is 4.34. The van der Waals surface area contributed by atoms with Gasteiger partial charge in [-0.3, -0.25) is 4.90 Å². The van der Waals surface area contributed by atoms with Crippen molar-refractivity contribution in [3.63, 3.8) is 0 Å². The third-order valence-corrected chi connectivity index (χ3v) is 4.19. The smallest absolute Gasteiger partial charge is 0.0487 e. The summed E-state index contributed by atoms with van der Waals surface area (Å²) in [5.41, 5.74) is 2.47. The van der Waals surface area contributed by atoms with Crippen LogP contribution in [0.25, 0.3) is 0 Å². The minimum Gasteiger partial charge on any atom is -0.367 e. The molecule has 114 valence electrons. The van der Waals surface area contributed by atoms with Crippen LogP contribution >= 0.6 is 11.6 Å². The highest BCUT2D eigenvalue weighted by atomic mass is 35.5. The van der Waals surface area contributed by atoms with Gasteiger partial charge in [0.15, 0.2) is 0 Å². The second-order valence-corrected chi connectivity index (χ2v) is 5.52. The molecule has 1 atom stereocenters. The molecule has 0 amide bonds. The molecule has 0 aliphatic rings. The Morgan fingerprint density at radius 3 is 2.57 bits per heavy atom. The summed E-state index contributed by atoms with van der Waals surface area (Å²) in [6.45, 7) is 8.16. The topological polar surface area (TPSA) is 31.1 Å². The Morgan fingerprint density at radius 2 is 1.95 bits per heavy atom. The molecule has 0 bridgehead atoms. The molecule has 0 saturated carbocycles. The highest BCUT2D eigenvalue weighted by Gasteiger charge is 2.19. The van der Waals surface area contributed by atoms with E-state index in [0.29, 0.717) is 6.04 Å². The van der Waals surface area contributed by atoms with Crippen LogP contribution in [0.2, 0.25) is 5.02 Å². The predicted molar refractivity (Wildman–Crippen MR) is 89.6 cm³/mol. The first-order chi connectivity index (χ1) is 10.3. The summed E-state index contributed by atoms with van der Waals surface area (Å²) in [6.07, 6.45) is 3.97. The molecule has 0 radical (unpaired) electrons. The molecule has 1 aromatic carbocycles. The van der Waals surface area contributed by atoms with E-state index in [4.69, 9.17) is 11.6 Å². The number of nitrogens with one attached hydrogen (secondary N) is 2. The van der Waals surface area contributed by atoms with Gasteiger partial charge in [-0.25, -0.2) is 0 Å². The first kappa shape index (κ1) is 16.1. The lowest BCUT2D eigenvalue weighted by Crippen LogP contribution is -2.35. The predicted octanol–water partition coefficient (Wildman–Crippen LogP) is 3.84. The minimum atomic E-state index is 0.299. The Bertz CT molecular complexity index is 521. The van der Waals surface area contributed by atoms with Gasteiger partial charge in [-0.05, 0) is 36.3 Å². The lowest BCUT2D eigenvalue weighted by molar-refractivity contribution is 0.213. The van der Waals surface area contributed by atoms with Crippen LogP contribution in [0.4, 0.5) is 0 Å². The van der Waals surface area contributed by atoms with Gasteiger partial charge in [-0.2, -0.15) is 0 Å². The van der Waals surface area contributed by atoms with Gasteiger partial charge < -0.3 is 10.3 Å². The van der Waals surface area contributed by atoms with E-state index in [2.05, 4.69) is 47.2 Å². The zero-order valence-corrected chi connectivity index (χ0v) is 13.5. The van der Waals surface area contributed by atoms with Crippen molar-refractivity contribution in [1.82, 2.24) is 15.2 Å². The summed E-state index contributed by atoms with van der Waals surface area (Å²) in [5, 5.41) is 4.39. The second kappa shape index (κ2) is 8.23. The van der Waals surface area contributed by atoms with Crippen LogP contribution in [0, 0.1) is 0 Å². The molecule has 1 aromatic heterocycles. The van der Waals surface area contributed by atoms with Crippen LogP contribution in [-0.2, 0) is 6.54 Å². The molecule has 2 aromatic rings. The van der Waals surface area contributed by atoms with Crippen molar-refractivity contribution in [2.75, 3.05) is 19.6 Å². The lowest BCUT2D eigenvalue weighted by Gasteiger charge is -2.31. The average molecular weight is 306 g/mol. The van der Waals surface area contributed by atoms with E-state index in [1.165, 1.54) is 11.1 Å². The Labute approximate surface area is 132 Å². The SMILES string of the molecule is CCN(CC)C(CNCc1cc[nH]c1)c1ccccc1Cl. The number of halogens is 1. The lowest BCUT2D eigenvalue weighted by atomic mass is 10.0. The van der Waals surface area contributed by atoms with E-state index < -0.39 is 0 Å². The number of likely N-dealkylation sites (N-methyl/N-ethyl adjacent to an activating group) is 1. The van der Waals surface area contributed by atoms with Crippen molar-refractivity contribution in [3.05, 3.63) is 58.9 Å². The van der Waals surface area contributed by atoms with E-state index in [9.17, 15) is 0 Å². The molecule has 3 nitrogen and oxygen atoms in total. The number of nitrogens with zero attached hydrogens (tertiary/aromatic N) is 1. The van der Waals surface area contributed by atoms with Gasteiger partial charge in [0.1, 0.15) is 0 Å². The third-order valence-electron chi connectivity index (χ3n) is 3.85. The zero-order chi connectivity index (χ0) is 15.1. The Balaban J connectivity index is 2.07. The molecular formula is C17H24ClN3. The molecule has 1 heterocycles. The van der Waals surface area contributed by atoms with Crippen molar-refractivity contribution in [1.29, 1.82) is 0 Å². The fraction of sp³-hybridized carbons (Fsp3) is 0.412. The first-order valence-electron chi connectivity index (χ1n) is 7.57. The quantitative estimate of drug-likeness (QED) is 0.776. The average Bonchev–Trinajstić information content (AvgIpc) is 3.01. The van der Waals surface area contributed by atoms with Gasteiger partial charge >= 0.3 is 0 Å². The molecular weight excluding hydrogens is 282 g/mol. The summed E-state index contributed by atoms with van der Waals surface area (Å²) in [5.74, 6) is 0. The van der Waals surface area contributed by atoms with Crippen molar-refractivity contribution in [3.8, 4) is 0 Å². The monoisotopic (exact) mass is 305 g/mol. The summed E-state index contributed by atoms with van der Waals surface area (Å²) in [7, 11) is 0. The van der Waals surface area contributed by atoms with Gasteiger partial charge in [0.25, 0.3) is 0 Å². The van der Waals surface area contributed by atoms with E-state index in [-0.39, 0.29) is 0 Å². The Hall–Kier alpha value is -1.29. The molecule has 4 heteroatoms. The van der Waals surface area contributed by atoms with Gasteiger partial charge in [-0.15, -0.1) is 0 Å². The largest absolute Gasteiger partial charge is 0.367 e. The van der Waals surface area contributed by atoms with Crippen molar-refractivity contribution in [2.24, 2.45) is 0 Å². The fourth-order valence-corrected chi connectivity index (χ4v) is 2.93. The van der Waals surface area contributed by atoms with E-state index in [1.54, 1.807) is 0 Å². The van der Waals surface area contributed by atoms with Crippen LogP contribution in [0.15, 0.2) is 42.7 Å². The Kier molecular flexibility index (Phi) is 6.30. The highest BCUT2D eigenvalue weighted by molar-refractivity contribution is 6.31. The Morgan fingerprint density at radius 1 is 1.19 bits per heavy atom. The van der Waals surface area contributed by atoms with Crippen LogP contribution in [-0.4, -0.2) is 29.5 Å². The molecule has 0 spiro atoms.